The molecule has 0 bridgehead atoms. The minimum Gasteiger partial charge on any atom is -0.349 e. The van der Waals surface area contributed by atoms with Gasteiger partial charge in [-0.3, -0.25) is 14.5 Å². The molecular weight excluding hydrogens is 408 g/mol. The van der Waals surface area contributed by atoms with Crippen molar-refractivity contribution < 1.29 is 9.59 Å². The van der Waals surface area contributed by atoms with Crippen LogP contribution in [0, 0.1) is 20.8 Å². The second-order valence-electron chi connectivity index (χ2n) is 8.76. The highest BCUT2D eigenvalue weighted by molar-refractivity contribution is 7.03. The first-order chi connectivity index (χ1) is 14.6. The molecule has 1 aromatic heterocycles. The zero-order valence-electron chi connectivity index (χ0n) is 18.8. The van der Waals surface area contributed by atoms with Gasteiger partial charge < -0.3 is 5.32 Å². The Morgan fingerprint density at radius 1 is 1.03 bits per heavy atom. The first kappa shape index (κ1) is 22.6. The Balaban J connectivity index is 2.26. The maximum absolute atomic E-state index is 13.7. The van der Waals surface area contributed by atoms with Crippen LogP contribution in [0.3, 0.4) is 0 Å². The van der Waals surface area contributed by atoms with E-state index in [2.05, 4.69) is 14.9 Å². The Labute approximate surface area is 187 Å². The molecule has 1 unspecified atom stereocenters. The fraction of sp³-hybridized carbons (Fsp3) is 0.333. The van der Waals surface area contributed by atoms with Gasteiger partial charge in [0.2, 0.25) is 5.91 Å². The molecule has 162 valence electrons. The highest BCUT2D eigenvalue weighted by atomic mass is 32.1. The first-order valence-corrected chi connectivity index (χ1v) is 11.0. The van der Waals surface area contributed by atoms with E-state index in [4.69, 9.17) is 0 Å². The van der Waals surface area contributed by atoms with Crippen LogP contribution in [0.1, 0.15) is 59.6 Å². The maximum Gasteiger partial charge on any atom is 0.280 e. The molecule has 0 fully saturated rings. The van der Waals surface area contributed by atoms with Crippen molar-refractivity contribution in [3.8, 4) is 0 Å². The van der Waals surface area contributed by atoms with Gasteiger partial charge in [0, 0.05) is 10.9 Å². The standard InChI is InChI=1S/C24H28N4O2S/c1-15-9-7-12-18(13-15)21(22(29)25-24(4,5)6)28(23(30)19-14-31-27-26-19)20-16(2)10-8-11-17(20)3/h7-14,21H,1-6H3,(H,25,29). The third-order valence-electron chi connectivity index (χ3n) is 4.84. The smallest absolute Gasteiger partial charge is 0.280 e. The summed E-state index contributed by atoms with van der Waals surface area (Å²) in [6.07, 6.45) is 0. The van der Waals surface area contributed by atoms with Crippen molar-refractivity contribution in [3.05, 3.63) is 75.8 Å². The molecule has 3 rings (SSSR count). The number of aromatic nitrogens is 2. The molecular formula is C24H28N4O2S. The van der Waals surface area contributed by atoms with Crippen molar-refractivity contribution in [1.29, 1.82) is 0 Å². The van der Waals surface area contributed by atoms with Crippen LogP contribution < -0.4 is 10.2 Å². The summed E-state index contributed by atoms with van der Waals surface area (Å²) < 4.78 is 3.86. The maximum atomic E-state index is 13.7. The summed E-state index contributed by atoms with van der Waals surface area (Å²) >= 11 is 1.11. The van der Waals surface area contributed by atoms with Crippen LogP contribution in [0.4, 0.5) is 5.69 Å². The van der Waals surface area contributed by atoms with Gasteiger partial charge in [-0.25, -0.2) is 0 Å². The SMILES string of the molecule is Cc1cccc(C(C(=O)NC(C)(C)C)N(C(=O)c2csnn2)c2c(C)cccc2C)c1. The van der Waals surface area contributed by atoms with E-state index >= 15 is 0 Å². The minimum absolute atomic E-state index is 0.217. The zero-order valence-corrected chi connectivity index (χ0v) is 19.6. The quantitative estimate of drug-likeness (QED) is 0.625. The molecule has 0 aliphatic carbocycles. The summed E-state index contributed by atoms with van der Waals surface area (Å²) in [5.74, 6) is -0.612. The number of amides is 2. The normalized spacial score (nSPS) is 12.3. The molecule has 1 N–H and O–H groups in total. The molecule has 0 saturated carbocycles. The fourth-order valence-electron chi connectivity index (χ4n) is 3.61. The molecule has 0 spiro atoms. The zero-order chi connectivity index (χ0) is 22.8. The Morgan fingerprint density at radius 3 is 2.23 bits per heavy atom. The number of anilines is 1. The van der Waals surface area contributed by atoms with Gasteiger partial charge in [-0.2, -0.15) is 0 Å². The number of benzene rings is 2. The van der Waals surface area contributed by atoms with E-state index in [9.17, 15) is 9.59 Å². The van der Waals surface area contributed by atoms with Crippen LogP contribution in [-0.2, 0) is 4.79 Å². The van der Waals surface area contributed by atoms with E-state index in [-0.39, 0.29) is 17.5 Å². The molecule has 1 heterocycles. The molecule has 7 heteroatoms. The summed E-state index contributed by atoms with van der Waals surface area (Å²) in [6, 6.07) is 12.7. The van der Waals surface area contributed by atoms with E-state index in [0.717, 1.165) is 33.8 Å². The molecule has 0 radical (unpaired) electrons. The summed E-state index contributed by atoms with van der Waals surface area (Å²) in [5.41, 5.74) is 4.01. The van der Waals surface area contributed by atoms with Crippen LogP contribution in [0.5, 0.6) is 0 Å². The van der Waals surface area contributed by atoms with E-state index in [1.165, 1.54) is 0 Å². The van der Waals surface area contributed by atoms with Crippen LogP contribution in [0.25, 0.3) is 0 Å². The van der Waals surface area contributed by atoms with Crippen LogP contribution in [0.2, 0.25) is 0 Å². The van der Waals surface area contributed by atoms with Crippen molar-refractivity contribution >= 4 is 29.0 Å². The van der Waals surface area contributed by atoms with Crippen molar-refractivity contribution in [2.24, 2.45) is 0 Å². The van der Waals surface area contributed by atoms with Gasteiger partial charge in [0.15, 0.2) is 5.69 Å². The predicted molar refractivity (Wildman–Crippen MR) is 124 cm³/mol. The molecule has 2 aromatic carbocycles. The summed E-state index contributed by atoms with van der Waals surface area (Å²) in [4.78, 5) is 28.9. The average Bonchev–Trinajstić information content (AvgIpc) is 3.20. The van der Waals surface area contributed by atoms with Gasteiger partial charge in [-0.05, 0) is 69.8 Å². The van der Waals surface area contributed by atoms with E-state index < -0.39 is 11.6 Å². The molecule has 31 heavy (non-hydrogen) atoms. The van der Waals surface area contributed by atoms with Crippen molar-refractivity contribution in [3.63, 3.8) is 0 Å². The third-order valence-corrected chi connectivity index (χ3v) is 5.35. The Kier molecular flexibility index (Phi) is 6.55. The number of nitrogens with one attached hydrogen (secondary N) is 1. The van der Waals surface area contributed by atoms with Gasteiger partial charge in [0.1, 0.15) is 6.04 Å². The second-order valence-corrected chi connectivity index (χ2v) is 9.37. The summed E-state index contributed by atoms with van der Waals surface area (Å²) in [7, 11) is 0. The molecule has 2 amide bonds. The van der Waals surface area contributed by atoms with Gasteiger partial charge >= 0.3 is 0 Å². The number of para-hydroxylation sites is 1. The highest BCUT2D eigenvalue weighted by Crippen LogP contribution is 2.35. The topological polar surface area (TPSA) is 75.2 Å². The number of nitrogens with zero attached hydrogens (tertiary/aromatic N) is 3. The van der Waals surface area contributed by atoms with Gasteiger partial charge in [0.05, 0.1) is 5.69 Å². The fourth-order valence-corrected chi connectivity index (χ4v) is 4.04. The summed E-state index contributed by atoms with van der Waals surface area (Å²) in [6.45, 7) is 11.6. The first-order valence-electron chi connectivity index (χ1n) is 10.1. The van der Waals surface area contributed by atoms with Crippen LogP contribution in [-0.4, -0.2) is 26.9 Å². The van der Waals surface area contributed by atoms with Gasteiger partial charge in [-0.15, -0.1) is 5.10 Å². The number of hydrogen-bond donors (Lipinski definition) is 1. The largest absolute Gasteiger partial charge is 0.349 e. The number of aryl methyl sites for hydroxylation is 3. The molecule has 0 saturated heterocycles. The lowest BCUT2D eigenvalue weighted by Gasteiger charge is -2.35. The number of carbonyl (C=O) groups is 2. The molecule has 0 aliphatic rings. The van der Waals surface area contributed by atoms with E-state index in [1.54, 1.807) is 10.3 Å². The van der Waals surface area contributed by atoms with Crippen molar-refractivity contribution in [1.82, 2.24) is 14.9 Å². The van der Waals surface area contributed by atoms with Gasteiger partial charge in [-0.1, -0.05) is 52.5 Å². The summed E-state index contributed by atoms with van der Waals surface area (Å²) in [5, 5.41) is 8.66. The van der Waals surface area contributed by atoms with Crippen LogP contribution >= 0.6 is 11.5 Å². The number of rotatable bonds is 5. The monoisotopic (exact) mass is 436 g/mol. The Hall–Kier alpha value is -3.06. The minimum atomic E-state index is -0.867. The number of hydrogen-bond acceptors (Lipinski definition) is 5. The molecule has 6 nitrogen and oxygen atoms in total. The lowest BCUT2D eigenvalue weighted by Crippen LogP contribution is -2.50. The molecule has 1 atom stereocenters. The average molecular weight is 437 g/mol. The molecule has 0 aliphatic heterocycles. The molecule has 3 aromatic rings. The lowest BCUT2D eigenvalue weighted by atomic mass is 9.97. The van der Waals surface area contributed by atoms with E-state index in [1.807, 2.05) is 84.0 Å². The van der Waals surface area contributed by atoms with Crippen molar-refractivity contribution in [2.75, 3.05) is 4.90 Å². The van der Waals surface area contributed by atoms with Crippen LogP contribution in [0.15, 0.2) is 47.8 Å². The number of carbonyl (C=O) groups excluding carboxylic acids is 2. The third kappa shape index (κ3) is 5.17. The Morgan fingerprint density at radius 2 is 1.68 bits per heavy atom. The van der Waals surface area contributed by atoms with Gasteiger partial charge in [0.25, 0.3) is 5.91 Å². The Bertz CT molecular complexity index is 1070. The lowest BCUT2D eigenvalue weighted by molar-refractivity contribution is -0.123. The predicted octanol–water partition coefficient (Wildman–Crippen LogP) is 4.77. The second kappa shape index (κ2) is 8.98. The van der Waals surface area contributed by atoms with Crippen molar-refractivity contribution in [2.45, 2.75) is 53.1 Å². The highest BCUT2D eigenvalue weighted by Gasteiger charge is 2.37. The van der Waals surface area contributed by atoms with E-state index in [0.29, 0.717) is 5.69 Å².